The van der Waals surface area contributed by atoms with Gasteiger partial charge in [0.05, 0.1) is 60.7 Å². The number of methoxy groups -OCH3 is 4. The van der Waals surface area contributed by atoms with Crippen molar-refractivity contribution in [3.05, 3.63) is 191 Å². The van der Waals surface area contributed by atoms with Crippen LogP contribution in [0.1, 0.15) is 88.8 Å². The van der Waals surface area contributed by atoms with Gasteiger partial charge in [-0.3, -0.25) is 9.59 Å². The first kappa shape index (κ1) is 57.2. The number of fused-ring (bicyclic) bond motifs is 1. The van der Waals surface area contributed by atoms with Gasteiger partial charge in [-0.05, 0) is 181 Å². The van der Waals surface area contributed by atoms with Crippen LogP contribution in [0, 0.1) is 11.8 Å². The van der Waals surface area contributed by atoms with Crippen molar-refractivity contribution in [3.63, 3.8) is 0 Å². The molecule has 82 heavy (non-hydrogen) atoms. The summed E-state index contributed by atoms with van der Waals surface area (Å²) in [5, 5.41) is 0. The Balaban J connectivity index is 1.04. The molecule has 0 saturated heterocycles. The molecule has 0 fully saturated rings. The number of carbonyl (C=O) groups excluding carboxylic acids is 2. The van der Waals surface area contributed by atoms with E-state index < -0.39 is 0 Å². The highest BCUT2D eigenvalue weighted by molar-refractivity contribution is 7.17. The topological polar surface area (TPSA) is 84.0 Å². The molecule has 422 valence electrons. The Labute approximate surface area is 492 Å². The molecule has 2 unspecified atom stereocenters. The molecule has 2 aliphatic heterocycles. The number of thiophene rings is 2. The van der Waals surface area contributed by atoms with Crippen molar-refractivity contribution in [2.24, 2.45) is 11.8 Å². The van der Waals surface area contributed by atoms with E-state index in [1.165, 1.54) is 0 Å². The van der Waals surface area contributed by atoms with E-state index in [1.807, 2.05) is 58.3 Å². The van der Waals surface area contributed by atoms with Crippen LogP contribution in [0.4, 0.5) is 34.1 Å². The maximum Gasteiger partial charge on any atom is 0.261 e. The molecule has 0 bridgehead atoms. The molecule has 0 saturated carbocycles. The van der Waals surface area contributed by atoms with E-state index >= 15 is 9.59 Å². The summed E-state index contributed by atoms with van der Waals surface area (Å²) < 4.78 is 22.0. The molecule has 12 heteroatoms. The van der Waals surface area contributed by atoms with Gasteiger partial charge in [0.1, 0.15) is 23.0 Å². The van der Waals surface area contributed by atoms with Crippen LogP contribution in [0.2, 0.25) is 0 Å². The van der Waals surface area contributed by atoms with Gasteiger partial charge in [0.15, 0.2) is 0 Å². The predicted octanol–water partition coefficient (Wildman–Crippen LogP) is 18.4. The third-order valence-electron chi connectivity index (χ3n) is 16.0. The minimum Gasteiger partial charge on any atom is -0.497 e. The Morgan fingerprint density at radius 1 is 0.378 bits per heavy atom. The van der Waals surface area contributed by atoms with Gasteiger partial charge in [-0.25, -0.2) is 0 Å². The van der Waals surface area contributed by atoms with Crippen molar-refractivity contribution >= 4 is 80.0 Å². The van der Waals surface area contributed by atoms with Crippen molar-refractivity contribution in [1.29, 1.82) is 0 Å². The van der Waals surface area contributed by atoms with E-state index in [1.54, 1.807) is 51.1 Å². The fraction of sp³-hybridized carbons (Fsp3) is 0.286. The number of hydrogen-bond donors (Lipinski definition) is 0. The lowest BCUT2D eigenvalue weighted by atomic mass is 9.98. The molecule has 6 aromatic carbocycles. The summed E-state index contributed by atoms with van der Waals surface area (Å²) in [6.45, 7) is 9.98. The summed E-state index contributed by atoms with van der Waals surface area (Å²) in [5.74, 6) is 3.53. The zero-order valence-corrected chi connectivity index (χ0v) is 50.1. The van der Waals surface area contributed by atoms with E-state index in [4.69, 9.17) is 18.9 Å². The van der Waals surface area contributed by atoms with E-state index in [0.717, 1.165) is 151 Å². The molecule has 10 rings (SSSR count). The quantitative estimate of drug-likeness (QED) is 0.0530. The highest BCUT2D eigenvalue weighted by Crippen LogP contribution is 2.51. The summed E-state index contributed by atoms with van der Waals surface area (Å²) in [5.41, 5.74) is 10.6. The number of rotatable bonds is 26. The average Bonchev–Trinajstić information content (AvgIpc) is 4.39. The first-order valence-corrected chi connectivity index (χ1v) is 30.5. The maximum absolute atomic E-state index is 15.7. The Morgan fingerprint density at radius 3 is 0.902 bits per heavy atom. The molecule has 0 radical (unpaired) electrons. The van der Waals surface area contributed by atoms with Gasteiger partial charge in [-0.2, -0.15) is 0 Å². The normalized spacial score (nSPS) is 13.9. The molecular weight excluding hydrogens is 1060 g/mol. The lowest BCUT2D eigenvalue weighted by Crippen LogP contribution is -2.34. The summed E-state index contributed by atoms with van der Waals surface area (Å²) in [6.07, 6.45) is 8.21. The first-order valence-electron chi connectivity index (χ1n) is 28.8. The largest absolute Gasteiger partial charge is 0.497 e. The van der Waals surface area contributed by atoms with Crippen LogP contribution < -0.4 is 28.7 Å². The summed E-state index contributed by atoms with van der Waals surface area (Å²) in [4.78, 5) is 43.7. The summed E-state index contributed by atoms with van der Waals surface area (Å²) in [7, 11) is 6.71. The fourth-order valence-corrected chi connectivity index (χ4v) is 13.4. The van der Waals surface area contributed by atoms with Crippen LogP contribution in [-0.4, -0.2) is 63.1 Å². The number of unbranched alkanes of at least 4 members (excludes halogenated alkanes) is 2. The number of anilines is 6. The van der Waals surface area contributed by atoms with Gasteiger partial charge in [0, 0.05) is 57.0 Å². The Morgan fingerprint density at radius 2 is 0.646 bits per heavy atom. The molecule has 4 heterocycles. The Hall–Kier alpha value is -8.06. The maximum atomic E-state index is 15.7. The fourth-order valence-electron chi connectivity index (χ4n) is 11.2. The number of nitrogens with zero attached hydrogens (tertiary/aromatic N) is 4. The summed E-state index contributed by atoms with van der Waals surface area (Å²) in [6, 6.07) is 58.0. The van der Waals surface area contributed by atoms with Crippen molar-refractivity contribution in [3.8, 4) is 43.9 Å². The molecule has 2 amide bonds. The number of ether oxygens (including phenoxy) is 4. The second kappa shape index (κ2) is 26.2. The molecule has 2 aliphatic rings. The van der Waals surface area contributed by atoms with E-state index in [-0.39, 0.29) is 23.7 Å². The van der Waals surface area contributed by atoms with E-state index in [0.29, 0.717) is 24.2 Å². The Bertz CT molecular complexity index is 3180. The molecule has 0 spiro atoms. The van der Waals surface area contributed by atoms with Crippen LogP contribution in [0.3, 0.4) is 0 Å². The standard InChI is InChI=1S/C70H74N4O6S2/c1-9-13-15-47(11-3)45-71-67(63-43-41-61(81-63)49-17-21-51(22-18-49)73(53-25-33-57(77-5)34-26-53)54-27-35-58(78-6)36-28-54)65-66(69(71)75)68(72(70(65)76)46-48(12-4)16-14-10-2)64-44-42-62(82-64)50-19-23-52(24-20-50)74(55-29-37-59(79-7)38-30-55)56-31-39-60(80-8)40-32-56/h17-44,47-48H,9-16,45-46H2,1-8H3. The molecule has 2 aromatic heterocycles. The number of hydrogen-bond acceptors (Lipinski definition) is 10. The predicted molar refractivity (Wildman–Crippen MR) is 339 cm³/mol. The highest BCUT2D eigenvalue weighted by atomic mass is 32.1. The molecule has 8 aromatic rings. The lowest BCUT2D eigenvalue weighted by Gasteiger charge is -2.29. The van der Waals surface area contributed by atoms with Crippen LogP contribution in [-0.2, 0) is 9.59 Å². The zero-order valence-electron chi connectivity index (χ0n) is 48.4. The van der Waals surface area contributed by atoms with Gasteiger partial charge in [0.25, 0.3) is 11.8 Å². The second-order valence-corrected chi connectivity index (χ2v) is 23.2. The van der Waals surface area contributed by atoms with Crippen LogP contribution in [0.5, 0.6) is 23.0 Å². The lowest BCUT2D eigenvalue weighted by molar-refractivity contribution is -0.124. The van der Waals surface area contributed by atoms with E-state index in [2.05, 4.69) is 159 Å². The van der Waals surface area contributed by atoms with Crippen molar-refractivity contribution in [2.45, 2.75) is 79.1 Å². The minimum atomic E-state index is -0.0830. The van der Waals surface area contributed by atoms with Crippen LogP contribution in [0.15, 0.2) is 181 Å². The van der Waals surface area contributed by atoms with Gasteiger partial charge < -0.3 is 38.5 Å². The molecule has 0 N–H and O–H groups in total. The molecular formula is C70H74N4O6S2. The Kier molecular flexibility index (Phi) is 18.3. The number of amides is 2. The third kappa shape index (κ3) is 12.0. The highest BCUT2D eigenvalue weighted by Gasteiger charge is 2.50. The number of benzene rings is 6. The minimum absolute atomic E-state index is 0.0830. The summed E-state index contributed by atoms with van der Waals surface area (Å²) >= 11 is 3.28. The van der Waals surface area contributed by atoms with Crippen LogP contribution in [0.25, 0.3) is 32.3 Å². The van der Waals surface area contributed by atoms with E-state index in [9.17, 15) is 0 Å². The first-order chi connectivity index (χ1) is 40.1. The average molecular weight is 1130 g/mol. The third-order valence-corrected chi connectivity index (χ3v) is 18.3. The SMILES string of the molecule is CCCCC(CC)CN1C(=O)C2=C(c3ccc(-c4ccc(N(c5ccc(OC)cc5)c5ccc(OC)cc5)cc4)s3)N(CC(CC)CCCC)C(=O)C2=C1c1ccc(-c2ccc(N(c3ccc(OC)cc3)c3ccc(OC)cc3)cc2)s1. The van der Waals surface area contributed by atoms with Crippen molar-refractivity contribution < 1.29 is 28.5 Å². The molecule has 0 aliphatic carbocycles. The van der Waals surface area contributed by atoms with Gasteiger partial charge in [-0.15, -0.1) is 22.7 Å². The molecule has 2 atom stereocenters. The van der Waals surface area contributed by atoms with Crippen LogP contribution >= 0.6 is 22.7 Å². The second-order valence-electron chi connectivity index (χ2n) is 21.0. The number of carbonyl (C=O) groups is 2. The monoisotopic (exact) mass is 1130 g/mol. The van der Waals surface area contributed by atoms with Gasteiger partial charge in [-0.1, -0.05) is 90.5 Å². The van der Waals surface area contributed by atoms with Gasteiger partial charge in [0.2, 0.25) is 0 Å². The molecule has 10 nitrogen and oxygen atoms in total. The smallest absolute Gasteiger partial charge is 0.261 e. The van der Waals surface area contributed by atoms with Gasteiger partial charge >= 0.3 is 0 Å². The van der Waals surface area contributed by atoms with Crippen molar-refractivity contribution in [1.82, 2.24) is 9.80 Å². The van der Waals surface area contributed by atoms with Crippen molar-refractivity contribution in [2.75, 3.05) is 51.3 Å². The zero-order chi connectivity index (χ0) is 57.3.